The van der Waals surface area contributed by atoms with Gasteiger partial charge in [-0.05, 0) is 61.9 Å². The first-order valence-corrected chi connectivity index (χ1v) is 14.0. The minimum Gasteiger partial charge on any atom is -0.482 e. The number of rotatable bonds is 5. The molecule has 0 aliphatic carbocycles. The maximum atomic E-state index is 13.6. The number of hydrogen-bond donors (Lipinski definition) is 1. The van der Waals surface area contributed by atoms with E-state index >= 15 is 0 Å². The molecule has 0 saturated carbocycles. The molecular weight excluding hydrogens is 560 g/mol. The fraction of sp³-hybridized carbons (Fsp3) is 0.133. The maximum Gasteiger partial charge on any atom is 0.297 e. The van der Waals surface area contributed by atoms with Crippen LogP contribution in [0.15, 0.2) is 93.1 Å². The number of aromatic nitrogens is 3. The largest absolute Gasteiger partial charge is 0.482 e. The van der Waals surface area contributed by atoms with Crippen molar-refractivity contribution < 1.29 is 9.53 Å². The van der Waals surface area contributed by atoms with Crippen LogP contribution in [0.1, 0.15) is 18.2 Å². The second-order valence-corrected chi connectivity index (χ2v) is 10.8. The maximum absolute atomic E-state index is 13.6. The Bertz CT molecular complexity index is 1970. The van der Waals surface area contributed by atoms with E-state index in [1.807, 2.05) is 99.1 Å². The third-order valence-electron chi connectivity index (χ3n) is 6.82. The van der Waals surface area contributed by atoms with Gasteiger partial charge in [0.2, 0.25) is 4.80 Å². The topological polar surface area (TPSA) is 94.9 Å². The molecule has 3 aromatic carbocycles. The van der Waals surface area contributed by atoms with E-state index in [9.17, 15) is 9.59 Å². The lowest BCUT2D eigenvalue weighted by atomic mass is 10.1. The molecule has 1 aliphatic rings. The van der Waals surface area contributed by atoms with Gasteiger partial charge in [-0.25, -0.2) is 14.4 Å². The number of hydrogen-bond acceptors (Lipinski definition) is 6. The number of anilines is 1. The Labute approximate surface area is 244 Å². The van der Waals surface area contributed by atoms with E-state index in [1.54, 1.807) is 14.0 Å². The van der Waals surface area contributed by atoms with Gasteiger partial charge in [0.15, 0.2) is 12.3 Å². The Balaban J connectivity index is 1.55. The molecule has 0 atom stereocenters. The van der Waals surface area contributed by atoms with Gasteiger partial charge in [0.05, 0.1) is 28.5 Å². The number of amides is 1. The molecule has 5 aromatic rings. The highest BCUT2D eigenvalue weighted by Crippen LogP contribution is 2.33. The quantitative estimate of drug-likeness (QED) is 0.276. The van der Waals surface area contributed by atoms with Gasteiger partial charge < -0.3 is 10.1 Å². The SMILES string of the molecule is CC(=Nn1c(-c2ccc3c(c2)NC(=O)CO3)csc1=Nc1c(C)n(C)n(-c2ccccc2)c1=O)c1cccc(Cl)c1. The second kappa shape index (κ2) is 10.7. The highest BCUT2D eigenvalue weighted by atomic mass is 35.5. The molecule has 206 valence electrons. The molecule has 0 radical (unpaired) electrons. The van der Waals surface area contributed by atoms with E-state index in [0.717, 1.165) is 22.5 Å². The van der Waals surface area contributed by atoms with Gasteiger partial charge in [0, 0.05) is 23.0 Å². The molecular formula is C30H25ClN6O3S. The average molecular weight is 585 g/mol. The predicted octanol–water partition coefficient (Wildman–Crippen LogP) is 5.50. The fourth-order valence-corrected chi connectivity index (χ4v) is 5.64. The highest BCUT2D eigenvalue weighted by molar-refractivity contribution is 7.07. The minimum atomic E-state index is -0.234. The number of carbonyl (C=O) groups is 1. The van der Waals surface area contributed by atoms with Crippen LogP contribution in [-0.2, 0) is 11.8 Å². The van der Waals surface area contributed by atoms with Crippen LogP contribution in [0.2, 0.25) is 5.02 Å². The van der Waals surface area contributed by atoms with Gasteiger partial charge >= 0.3 is 0 Å². The first-order chi connectivity index (χ1) is 19.8. The van der Waals surface area contributed by atoms with Crippen LogP contribution in [0.3, 0.4) is 0 Å². The molecule has 0 fully saturated rings. The monoisotopic (exact) mass is 584 g/mol. The van der Waals surface area contributed by atoms with Crippen molar-refractivity contribution in [1.82, 2.24) is 14.0 Å². The highest BCUT2D eigenvalue weighted by Gasteiger charge is 2.20. The van der Waals surface area contributed by atoms with Crippen LogP contribution < -0.4 is 20.4 Å². The fourth-order valence-electron chi connectivity index (χ4n) is 4.61. The summed E-state index contributed by atoms with van der Waals surface area (Å²) in [4.78, 5) is 30.9. The first-order valence-electron chi connectivity index (χ1n) is 12.8. The summed E-state index contributed by atoms with van der Waals surface area (Å²) in [6.45, 7) is 3.74. The number of halogens is 1. The molecule has 1 aliphatic heterocycles. The van der Waals surface area contributed by atoms with Crippen LogP contribution in [0.4, 0.5) is 11.4 Å². The van der Waals surface area contributed by atoms with Gasteiger partial charge in [-0.2, -0.15) is 5.10 Å². The minimum absolute atomic E-state index is 0.0200. The number of thiazole rings is 1. The van der Waals surface area contributed by atoms with Crippen LogP contribution in [0.5, 0.6) is 5.75 Å². The lowest BCUT2D eigenvalue weighted by Gasteiger charge is -2.18. The van der Waals surface area contributed by atoms with Crippen molar-refractivity contribution in [3.8, 4) is 22.7 Å². The summed E-state index contributed by atoms with van der Waals surface area (Å²) in [6, 6.07) is 22.5. The number of benzene rings is 3. The van der Waals surface area contributed by atoms with Gasteiger partial charge in [-0.15, -0.1) is 11.3 Å². The molecule has 0 bridgehead atoms. The number of nitrogens with one attached hydrogen (secondary N) is 1. The van der Waals surface area contributed by atoms with E-state index in [2.05, 4.69) is 5.32 Å². The van der Waals surface area contributed by atoms with E-state index in [0.29, 0.717) is 38.4 Å². The Morgan fingerprint density at radius 1 is 1.05 bits per heavy atom. The Kier molecular flexibility index (Phi) is 6.94. The van der Waals surface area contributed by atoms with Crippen molar-refractivity contribution in [3.05, 3.63) is 110 Å². The Morgan fingerprint density at radius 2 is 1.85 bits per heavy atom. The van der Waals surface area contributed by atoms with Crippen LogP contribution >= 0.6 is 22.9 Å². The molecule has 3 heterocycles. The lowest BCUT2D eigenvalue weighted by molar-refractivity contribution is -0.118. The predicted molar refractivity (Wildman–Crippen MR) is 162 cm³/mol. The van der Waals surface area contributed by atoms with Crippen molar-refractivity contribution in [2.24, 2.45) is 17.1 Å². The van der Waals surface area contributed by atoms with Gasteiger partial charge in [-0.3, -0.25) is 14.3 Å². The van der Waals surface area contributed by atoms with E-state index in [4.69, 9.17) is 26.4 Å². The Hall–Kier alpha value is -4.67. The number of para-hydroxylation sites is 1. The summed E-state index contributed by atoms with van der Waals surface area (Å²) in [6.07, 6.45) is 0. The van der Waals surface area contributed by atoms with E-state index in [-0.39, 0.29) is 18.1 Å². The summed E-state index contributed by atoms with van der Waals surface area (Å²) in [5.41, 5.74) is 5.20. The normalized spacial score (nSPS) is 13.6. The number of fused-ring (bicyclic) bond motifs is 1. The van der Waals surface area contributed by atoms with Crippen molar-refractivity contribution >= 4 is 45.9 Å². The first kappa shape index (κ1) is 26.5. The smallest absolute Gasteiger partial charge is 0.297 e. The molecule has 6 rings (SSSR count). The number of ether oxygens (including phenoxy) is 1. The van der Waals surface area contributed by atoms with E-state index < -0.39 is 0 Å². The van der Waals surface area contributed by atoms with Gasteiger partial charge in [0.25, 0.3) is 11.5 Å². The third-order valence-corrected chi connectivity index (χ3v) is 7.87. The standard InChI is InChI=1S/C30H25ClN6O3S/c1-18(20-8-7-9-22(31)14-20)34-36-25(21-12-13-26-24(15-21)32-27(38)16-40-26)17-41-30(36)33-28-19(2)35(3)37(29(28)39)23-10-5-4-6-11-23/h4-15,17H,16H2,1-3H3,(H,32,38). The summed E-state index contributed by atoms with van der Waals surface area (Å²) >= 11 is 7.61. The van der Waals surface area contributed by atoms with Crippen LogP contribution in [0, 0.1) is 6.92 Å². The lowest BCUT2D eigenvalue weighted by Crippen LogP contribution is -2.25. The number of nitrogens with zero attached hydrogens (tertiary/aromatic N) is 5. The summed E-state index contributed by atoms with van der Waals surface area (Å²) in [5, 5.41) is 10.3. The van der Waals surface area contributed by atoms with Crippen LogP contribution in [0.25, 0.3) is 16.9 Å². The Morgan fingerprint density at radius 3 is 2.63 bits per heavy atom. The van der Waals surface area contributed by atoms with Crippen molar-refractivity contribution in [1.29, 1.82) is 0 Å². The molecule has 41 heavy (non-hydrogen) atoms. The zero-order chi connectivity index (χ0) is 28.7. The van der Waals surface area contributed by atoms with Crippen molar-refractivity contribution in [2.45, 2.75) is 13.8 Å². The molecule has 0 unspecified atom stereocenters. The molecule has 1 N–H and O–H groups in total. The number of carbonyl (C=O) groups excluding carboxylic acids is 1. The average Bonchev–Trinajstić information content (AvgIpc) is 3.46. The van der Waals surface area contributed by atoms with Crippen LogP contribution in [-0.4, -0.2) is 32.3 Å². The summed E-state index contributed by atoms with van der Waals surface area (Å²) in [5.74, 6) is 0.382. The summed E-state index contributed by atoms with van der Waals surface area (Å²) < 4.78 is 10.6. The second-order valence-electron chi connectivity index (χ2n) is 9.48. The van der Waals surface area contributed by atoms with E-state index in [1.165, 1.54) is 11.3 Å². The molecule has 2 aromatic heterocycles. The summed E-state index contributed by atoms with van der Waals surface area (Å²) in [7, 11) is 1.83. The zero-order valence-electron chi connectivity index (χ0n) is 22.5. The van der Waals surface area contributed by atoms with Gasteiger partial charge in [-0.1, -0.05) is 41.9 Å². The zero-order valence-corrected chi connectivity index (χ0v) is 24.0. The molecule has 0 saturated heterocycles. The van der Waals surface area contributed by atoms with Crippen molar-refractivity contribution in [3.63, 3.8) is 0 Å². The molecule has 0 spiro atoms. The van der Waals surface area contributed by atoms with Crippen molar-refractivity contribution in [2.75, 3.05) is 11.9 Å². The molecule has 1 amide bonds. The van der Waals surface area contributed by atoms with Gasteiger partial charge in [0.1, 0.15) is 5.75 Å². The molecule has 9 nitrogen and oxygen atoms in total. The third kappa shape index (κ3) is 5.03. The molecule has 11 heteroatoms.